The van der Waals surface area contributed by atoms with Gasteiger partial charge in [0.15, 0.2) is 11.5 Å². The molecule has 144 valence electrons. The number of carbonyl (C=O) groups excluding carboxylic acids is 1. The lowest BCUT2D eigenvalue weighted by Crippen LogP contribution is -2.13. The van der Waals surface area contributed by atoms with Gasteiger partial charge in [-0.15, -0.1) is 0 Å². The Morgan fingerprint density at radius 2 is 1.93 bits per heavy atom. The molecule has 0 fully saturated rings. The summed E-state index contributed by atoms with van der Waals surface area (Å²) >= 11 is 0. The number of ether oxygens (including phenoxy) is 2. The van der Waals surface area contributed by atoms with Crippen molar-refractivity contribution in [3.63, 3.8) is 0 Å². The van der Waals surface area contributed by atoms with E-state index in [0.29, 0.717) is 22.9 Å². The second-order valence-corrected chi connectivity index (χ2v) is 6.13. The highest BCUT2D eigenvalue weighted by atomic mass is 19.4. The van der Waals surface area contributed by atoms with E-state index in [-0.39, 0.29) is 18.0 Å². The van der Waals surface area contributed by atoms with Crippen molar-refractivity contribution in [2.45, 2.75) is 13.1 Å². The molecule has 0 unspecified atom stereocenters. The third-order valence-corrected chi connectivity index (χ3v) is 4.30. The van der Waals surface area contributed by atoms with Crippen LogP contribution in [0, 0.1) is 6.92 Å². The van der Waals surface area contributed by atoms with Crippen molar-refractivity contribution in [2.24, 2.45) is 0 Å². The van der Waals surface area contributed by atoms with Crippen LogP contribution in [-0.4, -0.2) is 22.5 Å². The predicted molar refractivity (Wildman–Crippen MR) is 93.8 cm³/mol. The molecule has 1 N–H and O–H groups in total. The number of nitrogens with zero attached hydrogens (tertiary/aromatic N) is 2. The van der Waals surface area contributed by atoms with Crippen molar-refractivity contribution in [3.8, 4) is 17.2 Å². The molecule has 0 bridgehead atoms. The molecule has 1 aromatic heterocycles. The first-order valence-corrected chi connectivity index (χ1v) is 8.26. The Bertz CT molecular complexity index is 1060. The number of halogens is 3. The van der Waals surface area contributed by atoms with Crippen LogP contribution in [0.1, 0.15) is 21.6 Å². The highest BCUT2D eigenvalue weighted by Crippen LogP contribution is 2.34. The van der Waals surface area contributed by atoms with Gasteiger partial charge in [-0.3, -0.25) is 4.79 Å². The number of amides is 1. The Kier molecular flexibility index (Phi) is 4.21. The lowest BCUT2D eigenvalue weighted by Gasteiger charge is -2.10. The fraction of sp³-hybridized carbons (Fsp3) is 0.158. The molecule has 1 amide bonds. The van der Waals surface area contributed by atoms with E-state index in [1.807, 2.05) is 0 Å². The van der Waals surface area contributed by atoms with Gasteiger partial charge in [0, 0.05) is 11.8 Å². The van der Waals surface area contributed by atoms with Crippen LogP contribution in [0.25, 0.3) is 5.69 Å². The number of hydrogen-bond acceptors (Lipinski definition) is 4. The summed E-state index contributed by atoms with van der Waals surface area (Å²) in [7, 11) is 0. The van der Waals surface area contributed by atoms with Crippen LogP contribution in [-0.2, 0) is 6.18 Å². The molecule has 0 atom stereocenters. The zero-order valence-corrected chi connectivity index (χ0v) is 14.6. The fourth-order valence-corrected chi connectivity index (χ4v) is 2.88. The Morgan fingerprint density at radius 3 is 2.71 bits per heavy atom. The molecule has 0 aliphatic carbocycles. The lowest BCUT2D eigenvalue weighted by atomic mass is 10.2. The van der Waals surface area contributed by atoms with Crippen LogP contribution in [0.3, 0.4) is 0 Å². The van der Waals surface area contributed by atoms with Crippen LogP contribution in [0.2, 0.25) is 0 Å². The first-order chi connectivity index (χ1) is 13.3. The summed E-state index contributed by atoms with van der Waals surface area (Å²) in [6.07, 6.45) is -3.14. The van der Waals surface area contributed by atoms with Gasteiger partial charge in [-0.05, 0) is 37.3 Å². The van der Waals surface area contributed by atoms with Gasteiger partial charge in [-0.25, -0.2) is 4.68 Å². The molecule has 9 heteroatoms. The summed E-state index contributed by atoms with van der Waals surface area (Å²) < 4.78 is 50.6. The van der Waals surface area contributed by atoms with Crippen molar-refractivity contribution >= 4 is 11.6 Å². The van der Waals surface area contributed by atoms with E-state index < -0.39 is 17.6 Å². The monoisotopic (exact) mass is 389 g/mol. The van der Waals surface area contributed by atoms with Gasteiger partial charge in [0.1, 0.15) is 0 Å². The molecule has 0 radical (unpaired) electrons. The number of alkyl halides is 3. The molecule has 1 aliphatic heterocycles. The molecule has 4 rings (SSSR count). The number of carbonyl (C=O) groups is 1. The quantitative estimate of drug-likeness (QED) is 0.730. The van der Waals surface area contributed by atoms with E-state index in [4.69, 9.17) is 9.47 Å². The second-order valence-electron chi connectivity index (χ2n) is 6.13. The van der Waals surface area contributed by atoms with Gasteiger partial charge in [-0.2, -0.15) is 18.3 Å². The van der Waals surface area contributed by atoms with Gasteiger partial charge >= 0.3 is 6.18 Å². The zero-order chi connectivity index (χ0) is 19.9. The number of hydrogen-bond donors (Lipinski definition) is 1. The molecular formula is C19H14F3N3O3. The van der Waals surface area contributed by atoms with Crippen LogP contribution < -0.4 is 14.8 Å². The number of anilines is 1. The molecular weight excluding hydrogens is 375 g/mol. The molecule has 6 nitrogen and oxygen atoms in total. The van der Waals surface area contributed by atoms with Crippen molar-refractivity contribution in [1.82, 2.24) is 9.78 Å². The minimum absolute atomic E-state index is 0.121. The second kappa shape index (κ2) is 6.59. The van der Waals surface area contributed by atoms with Crippen molar-refractivity contribution in [3.05, 3.63) is 65.5 Å². The summed E-state index contributed by atoms with van der Waals surface area (Å²) in [5.74, 6) is 0.676. The highest BCUT2D eigenvalue weighted by molar-refractivity contribution is 6.05. The maximum absolute atomic E-state index is 12.9. The van der Waals surface area contributed by atoms with Crippen molar-refractivity contribution in [1.29, 1.82) is 0 Å². The van der Waals surface area contributed by atoms with Crippen molar-refractivity contribution < 1.29 is 27.4 Å². The van der Waals surface area contributed by atoms with Crippen LogP contribution in [0.15, 0.2) is 48.7 Å². The maximum atomic E-state index is 12.9. The van der Waals surface area contributed by atoms with E-state index in [1.54, 1.807) is 25.1 Å². The average molecular weight is 389 g/mol. The molecule has 2 aromatic carbocycles. The molecule has 1 aliphatic rings. The largest absolute Gasteiger partial charge is 0.454 e. The van der Waals surface area contributed by atoms with Gasteiger partial charge in [-0.1, -0.05) is 6.07 Å². The Balaban J connectivity index is 1.59. The molecule has 28 heavy (non-hydrogen) atoms. The molecule has 3 aromatic rings. The van der Waals surface area contributed by atoms with Gasteiger partial charge in [0.05, 0.1) is 28.7 Å². The normalized spacial score (nSPS) is 12.9. The third kappa shape index (κ3) is 3.26. The maximum Gasteiger partial charge on any atom is 0.416 e. The number of rotatable bonds is 3. The summed E-state index contributed by atoms with van der Waals surface area (Å²) in [5.41, 5.74) is 0.592. The minimum Gasteiger partial charge on any atom is -0.454 e. The first-order valence-electron chi connectivity index (χ1n) is 8.26. The smallest absolute Gasteiger partial charge is 0.416 e. The summed E-state index contributed by atoms with van der Waals surface area (Å²) in [5, 5.41) is 6.79. The van der Waals surface area contributed by atoms with E-state index in [1.165, 1.54) is 23.0 Å². The minimum atomic E-state index is -4.46. The van der Waals surface area contributed by atoms with Gasteiger partial charge < -0.3 is 14.8 Å². The molecule has 2 heterocycles. The Labute approximate surface area is 157 Å². The molecule has 0 saturated carbocycles. The molecule has 0 spiro atoms. The highest BCUT2D eigenvalue weighted by Gasteiger charge is 2.30. The predicted octanol–water partition coefficient (Wildman–Crippen LogP) is 4.18. The van der Waals surface area contributed by atoms with E-state index >= 15 is 0 Å². The average Bonchev–Trinajstić information content (AvgIpc) is 3.27. The Morgan fingerprint density at radius 1 is 1.14 bits per heavy atom. The number of aromatic nitrogens is 2. The van der Waals surface area contributed by atoms with Crippen LogP contribution in [0.5, 0.6) is 11.5 Å². The lowest BCUT2D eigenvalue weighted by molar-refractivity contribution is -0.137. The van der Waals surface area contributed by atoms with E-state index in [9.17, 15) is 18.0 Å². The zero-order valence-electron chi connectivity index (χ0n) is 14.6. The number of benzene rings is 2. The van der Waals surface area contributed by atoms with Gasteiger partial charge in [0.2, 0.25) is 6.79 Å². The van der Waals surface area contributed by atoms with Crippen LogP contribution in [0.4, 0.5) is 18.9 Å². The SMILES string of the molecule is Cc1c(C(=O)Nc2ccc3c(c2)OCO3)cnn1-c1cccc(C(F)(F)F)c1. The third-order valence-electron chi connectivity index (χ3n) is 4.30. The summed E-state index contributed by atoms with van der Waals surface area (Å²) in [6, 6.07) is 9.73. The number of nitrogens with one attached hydrogen (secondary N) is 1. The van der Waals surface area contributed by atoms with E-state index in [2.05, 4.69) is 10.4 Å². The summed E-state index contributed by atoms with van der Waals surface area (Å²) in [6.45, 7) is 1.73. The fourth-order valence-electron chi connectivity index (χ4n) is 2.88. The first kappa shape index (κ1) is 17.9. The number of fused-ring (bicyclic) bond motifs is 1. The van der Waals surface area contributed by atoms with Crippen LogP contribution >= 0.6 is 0 Å². The standard InChI is InChI=1S/C19H14F3N3O3/c1-11-15(18(26)24-13-5-6-16-17(8-13)28-10-27-16)9-23-25(11)14-4-2-3-12(7-14)19(20,21)22/h2-9H,10H2,1H3,(H,24,26). The van der Waals surface area contributed by atoms with E-state index in [0.717, 1.165) is 12.1 Å². The topological polar surface area (TPSA) is 65.4 Å². The molecule has 0 saturated heterocycles. The summed E-state index contributed by atoms with van der Waals surface area (Å²) in [4.78, 5) is 12.6. The van der Waals surface area contributed by atoms with Gasteiger partial charge in [0.25, 0.3) is 5.91 Å². The Hall–Kier alpha value is -3.49. The van der Waals surface area contributed by atoms with Crippen molar-refractivity contribution in [2.75, 3.05) is 12.1 Å².